The number of primary amides is 1. The summed E-state index contributed by atoms with van der Waals surface area (Å²) in [6.45, 7) is 0. The van der Waals surface area contributed by atoms with Crippen LogP contribution in [0.4, 0.5) is 0 Å². The Kier molecular flexibility index (Phi) is 5.53. The summed E-state index contributed by atoms with van der Waals surface area (Å²) in [5, 5.41) is 20.8. The summed E-state index contributed by atoms with van der Waals surface area (Å²) in [4.78, 5) is 33.6. The van der Waals surface area contributed by atoms with Crippen molar-refractivity contribution in [2.24, 2.45) is 5.73 Å². The molecule has 0 bridgehead atoms. The van der Waals surface area contributed by atoms with Crippen LogP contribution in [0.15, 0.2) is 18.2 Å². The largest absolute Gasteiger partial charge is 0.504 e. The molecule has 0 aliphatic heterocycles. The molecule has 0 spiro atoms. The van der Waals surface area contributed by atoms with Gasteiger partial charge in [-0.25, -0.2) is 4.79 Å². The van der Waals surface area contributed by atoms with Gasteiger partial charge in [0.15, 0.2) is 11.5 Å². The lowest BCUT2D eigenvalue weighted by atomic mass is 10.1. The SMILES string of the molecule is COc1ccc(C(=O)N[C@H](CCC(N)=O)C(=O)O)cc1O. The smallest absolute Gasteiger partial charge is 0.326 e. The summed E-state index contributed by atoms with van der Waals surface area (Å²) in [5.74, 6) is -2.67. The van der Waals surface area contributed by atoms with Crippen LogP contribution in [0.25, 0.3) is 0 Å². The lowest BCUT2D eigenvalue weighted by Crippen LogP contribution is -2.41. The van der Waals surface area contributed by atoms with Gasteiger partial charge >= 0.3 is 5.97 Å². The van der Waals surface area contributed by atoms with E-state index in [1.165, 1.54) is 19.2 Å². The number of rotatable bonds is 7. The van der Waals surface area contributed by atoms with Gasteiger partial charge in [0, 0.05) is 12.0 Å². The van der Waals surface area contributed by atoms with Crippen molar-refractivity contribution in [1.29, 1.82) is 0 Å². The van der Waals surface area contributed by atoms with Gasteiger partial charge in [0.1, 0.15) is 6.04 Å². The molecule has 1 aromatic rings. The Morgan fingerprint density at radius 1 is 1.38 bits per heavy atom. The van der Waals surface area contributed by atoms with E-state index in [-0.39, 0.29) is 29.9 Å². The molecule has 0 aliphatic rings. The molecular weight excluding hydrogens is 280 g/mol. The quantitative estimate of drug-likeness (QED) is 0.552. The van der Waals surface area contributed by atoms with Crippen molar-refractivity contribution in [3.63, 3.8) is 0 Å². The molecule has 1 atom stereocenters. The Bertz CT molecular complexity index is 558. The minimum atomic E-state index is -1.28. The molecule has 0 saturated heterocycles. The van der Waals surface area contributed by atoms with Gasteiger partial charge in [-0.2, -0.15) is 0 Å². The number of carboxylic acid groups (broad SMARTS) is 1. The van der Waals surface area contributed by atoms with Gasteiger partial charge in [-0.15, -0.1) is 0 Å². The maximum atomic E-state index is 11.9. The molecule has 0 saturated carbocycles. The molecule has 0 unspecified atom stereocenters. The van der Waals surface area contributed by atoms with Crippen LogP contribution in [0.3, 0.4) is 0 Å². The Morgan fingerprint density at radius 3 is 2.52 bits per heavy atom. The maximum Gasteiger partial charge on any atom is 0.326 e. The zero-order valence-corrected chi connectivity index (χ0v) is 11.3. The van der Waals surface area contributed by atoms with Gasteiger partial charge in [-0.3, -0.25) is 9.59 Å². The normalized spacial score (nSPS) is 11.5. The van der Waals surface area contributed by atoms with Crippen LogP contribution in [-0.4, -0.2) is 41.1 Å². The summed E-state index contributed by atoms with van der Waals surface area (Å²) >= 11 is 0. The second-order valence-corrected chi connectivity index (χ2v) is 4.26. The highest BCUT2D eigenvalue weighted by Gasteiger charge is 2.21. The second-order valence-electron chi connectivity index (χ2n) is 4.26. The number of ether oxygens (including phenoxy) is 1. The minimum absolute atomic E-state index is 0.0682. The number of aromatic hydroxyl groups is 1. The van der Waals surface area contributed by atoms with Crippen molar-refractivity contribution in [1.82, 2.24) is 5.32 Å². The molecular formula is C13H16N2O6. The van der Waals surface area contributed by atoms with Gasteiger partial charge < -0.3 is 26.0 Å². The lowest BCUT2D eigenvalue weighted by Gasteiger charge is -2.14. The van der Waals surface area contributed by atoms with Crippen molar-refractivity contribution < 1.29 is 29.3 Å². The van der Waals surface area contributed by atoms with Crippen molar-refractivity contribution in [3.8, 4) is 11.5 Å². The molecule has 0 heterocycles. The number of phenolic OH excluding ortho intramolecular Hbond substituents is 1. The molecule has 1 aromatic carbocycles. The van der Waals surface area contributed by atoms with Crippen molar-refractivity contribution in [2.75, 3.05) is 7.11 Å². The highest BCUT2D eigenvalue weighted by Crippen LogP contribution is 2.26. The van der Waals surface area contributed by atoms with Crippen LogP contribution < -0.4 is 15.8 Å². The lowest BCUT2D eigenvalue weighted by molar-refractivity contribution is -0.139. The third kappa shape index (κ3) is 4.68. The Balaban J connectivity index is 2.79. The second kappa shape index (κ2) is 7.13. The predicted molar refractivity (Wildman–Crippen MR) is 72.0 cm³/mol. The van der Waals surface area contributed by atoms with E-state index in [4.69, 9.17) is 15.6 Å². The van der Waals surface area contributed by atoms with Crippen LogP contribution in [0, 0.1) is 0 Å². The number of aliphatic carboxylic acids is 1. The highest BCUT2D eigenvalue weighted by atomic mass is 16.5. The van der Waals surface area contributed by atoms with Gasteiger partial charge in [-0.1, -0.05) is 0 Å². The van der Waals surface area contributed by atoms with Crippen LogP contribution in [0.5, 0.6) is 11.5 Å². The fraction of sp³-hybridized carbons (Fsp3) is 0.308. The number of carbonyl (C=O) groups excluding carboxylic acids is 2. The number of methoxy groups -OCH3 is 1. The Labute approximate surface area is 120 Å². The summed E-state index contributed by atoms with van der Waals surface area (Å²) in [7, 11) is 1.36. The van der Waals surface area contributed by atoms with Gasteiger partial charge in [0.2, 0.25) is 5.91 Å². The van der Waals surface area contributed by atoms with Crippen molar-refractivity contribution in [2.45, 2.75) is 18.9 Å². The van der Waals surface area contributed by atoms with Crippen LogP contribution in [-0.2, 0) is 9.59 Å². The van der Waals surface area contributed by atoms with Crippen molar-refractivity contribution in [3.05, 3.63) is 23.8 Å². The van der Waals surface area contributed by atoms with E-state index in [0.29, 0.717) is 0 Å². The molecule has 0 aromatic heterocycles. The number of benzene rings is 1. The molecule has 1 rings (SSSR count). The average molecular weight is 296 g/mol. The number of phenols is 1. The summed E-state index contributed by atoms with van der Waals surface area (Å²) < 4.78 is 4.84. The molecule has 21 heavy (non-hydrogen) atoms. The first kappa shape index (κ1) is 16.3. The van der Waals surface area contributed by atoms with E-state index in [9.17, 15) is 19.5 Å². The molecule has 8 heteroatoms. The molecule has 5 N–H and O–H groups in total. The van der Waals surface area contributed by atoms with E-state index in [0.717, 1.165) is 6.07 Å². The standard InChI is InChI=1S/C13H16N2O6/c1-21-10-4-2-7(6-9(10)16)12(18)15-8(13(19)20)3-5-11(14)17/h2,4,6,8,16H,3,5H2,1H3,(H2,14,17)(H,15,18)(H,19,20)/t8-/m1/s1. The van der Waals surface area contributed by atoms with E-state index in [1.54, 1.807) is 0 Å². The molecule has 0 radical (unpaired) electrons. The van der Waals surface area contributed by atoms with Crippen molar-refractivity contribution >= 4 is 17.8 Å². The number of hydrogen-bond acceptors (Lipinski definition) is 5. The first-order valence-electron chi connectivity index (χ1n) is 6.04. The number of nitrogens with two attached hydrogens (primary N) is 1. The first-order valence-corrected chi connectivity index (χ1v) is 6.04. The summed E-state index contributed by atoms with van der Waals surface area (Å²) in [6.07, 6.45) is -0.274. The molecule has 2 amide bonds. The molecule has 0 aliphatic carbocycles. The van der Waals surface area contributed by atoms with E-state index >= 15 is 0 Å². The topological polar surface area (TPSA) is 139 Å². The number of carbonyl (C=O) groups is 3. The first-order chi connectivity index (χ1) is 9.85. The highest BCUT2D eigenvalue weighted by molar-refractivity contribution is 5.97. The number of carboxylic acids is 1. The average Bonchev–Trinajstić information content (AvgIpc) is 2.42. The molecule has 8 nitrogen and oxygen atoms in total. The molecule has 114 valence electrons. The van der Waals surface area contributed by atoms with E-state index in [1.807, 2.05) is 0 Å². The van der Waals surface area contributed by atoms with Gasteiger partial charge in [0.25, 0.3) is 5.91 Å². The number of amides is 2. The number of nitrogens with one attached hydrogen (secondary N) is 1. The van der Waals surface area contributed by atoms with E-state index < -0.39 is 23.8 Å². The van der Waals surface area contributed by atoms with Crippen LogP contribution in [0.2, 0.25) is 0 Å². The summed E-state index contributed by atoms with van der Waals surface area (Å²) in [6, 6.07) is 2.67. The summed E-state index contributed by atoms with van der Waals surface area (Å²) in [5.41, 5.74) is 5.01. The minimum Gasteiger partial charge on any atom is -0.504 e. The van der Waals surface area contributed by atoms with Crippen LogP contribution >= 0.6 is 0 Å². The van der Waals surface area contributed by atoms with Crippen LogP contribution in [0.1, 0.15) is 23.2 Å². The zero-order valence-electron chi connectivity index (χ0n) is 11.3. The number of hydrogen-bond donors (Lipinski definition) is 4. The Hall–Kier alpha value is -2.77. The molecule has 0 fully saturated rings. The monoisotopic (exact) mass is 296 g/mol. The zero-order chi connectivity index (χ0) is 16.0. The fourth-order valence-corrected chi connectivity index (χ4v) is 1.62. The fourth-order valence-electron chi connectivity index (χ4n) is 1.62. The van der Waals surface area contributed by atoms with E-state index in [2.05, 4.69) is 5.32 Å². The maximum absolute atomic E-state index is 11.9. The predicted octanol–water partition coefficient (Wildman–Crippen LogP) is -0.151. The third-order valence-corrected chi connectivity index (χ3v) is 2.72. The third-order valence-electron chi connectivity index (χ3n) is 2.72. The van der Waals surface area contributed by atoms with Gasteiger partial charge in [-0.05, 0) is 24.6 Å². The van der Waals surface area contributed by atoms with Gasteiger partial charge in [0.05, 0.1) is 7.11 Å². The Morgan fingerprint density at radius 2 is 2.05 bits per heavy atom.